The van der Waals surface area contributed by atoms with Gasteiger partial charge in [-0.05, 0) is 88.3 Å². The highest BCUT2D eigenvalue weighted by Gasteiger charge is 2.45. The fraction of sp³-hybridized carbons (Fsp3) is 0.538. The van der Waals surface area contributed by atoms with Crippen LogP contribution in [0.4, 0.5) is 9.18 Å². The molecule has 2 aliphatic carbocycles. The van der Waals surface area contributed by atoms with Crippen molar-refractivity contribution in [2.24, 2.45) is 11.3 Å². The lowest BCUT2D eigenvalue weighted by Gasteiger charge is -2.46. The van der Waals surface area contributed by atoms with Crippen molar-refractivity contribution in [2.45, 2.75) is 52.1 Å². The molecule has 1 saturated heterocycles. The van der Waals surface area contributed by atoms with Crippen molar-refractivity contribution in [3.8, 4) is 5.69 Å². The second-order valence-electron chi connectivity index (χ2n) is 10.7. The van der Waals surface area contributed by atoms with Crippen molar-refractivity contribution in [1.82, 2.24) is 14.7 Å². The molecule has 2 fully saturated rings. The van der Waals surface area contributed by atoms with Crippen molar-refractivity contribution in [2.75, 3.05) is 26.3 Å². The lowest BCUT2D eigenvalue weighted by atomic mass is 9.69. The van der Waals surface area contributed by atoms with E-state index < -0.39 is 5.60 Å². The third kappa shape index (κ3) is 4.69. The first-order chi connectivity index (χ1) is 15.7. The van der Waals surface area contributed by atoms with Crippen LogP contribution in [0.3, 0.4) is 0 Å². The minimum Gasteiger partial charge on any atom is -0.444 e. The zero-order valence-corrected chi connectivity index (χ0v) is 19.6. The van der Waals surface area contributed by atoms with Crippen LogP contribution in [0.15, 0.2) is 36.0 Å². The minimum atomic E-state index is -0.529. The molecule has 0 spiro atoms. The Labute approximate surface area is 194 Å². The summed E-state index contributed by atoms with van der Waals surface area (Å²) >= 11 is 0. The van der Waals surface area contributed by atoms with E-state index in [0.717, 1.165) is 36.4 Å². The van der Waals surface area contributed by atoms with Gasteiger partial charge in [0.05, 0.1) is 24.2 Å². The van der Waals surface area contributed by atoms with Gasteiger partial charge in [0.15, 0.2) is 0 Å². The number of hydrogen-bond acceptors (Lipinski definition) is 4. The minimum absolute atomic E-state index is 0.264. The number of piperidine rings is 1. The fourth-order valence-corrected chi connectivity index (χ4v) is 4.84. The summed E-state index contributed by atoms with van der Waals surface area (Å²) in [6.45, 7) is 8.23. The first-order valence-corrected chi connectivity index (χ1v) is 11.8. The maximum atomic E-state index is 13.4. The summed E-state index contributed by atoms with van der Waals surface area (Å²) in [5.74, 6) is 0.416. The molecule has 3 aliphatic rings. The summed E-state index contributed by atoms with van der Waals surface area (Å²) in [5, 5.41) is 4.61. The largest absolute Gasteiger partial charge is 0.444 e. The number of ether oxygens (including phenoxy) is 2. The van der Waals surface area contributed by atoms with E-state index in [0.29, 0.717) is 25.6 Å². The highest BCUT2D eigenvalue weighted by atomic mass is 19.1. The molecule has 7 heteroatoms. The van der Waals surface area contributed by atoms with Crippen LogP contribution in [-0.4, -0.2) is 52.7 Å². The van der Waals surface area contributed by atoms with Crippen LogP contribution in [-0.2, 0) is 15.9 Å². The number of hydrogen-bond donors (Lipinski definition) is 0. The SMILES string of the molecule is CC(C)(C)OC(=O)N1CCC2=Cc3c(cnn3-c3ccc(F)cc3)CC2(COCC2CC2)C1. The number of likely N-dealkylation sites (tertiary alicyclic amines) is 1. The Kier molecular flexibility index (Phi) is 5.55. The summed E-state index contributed by atoms with van der Waals surface area (Å²) in [6, 6.07) is 6.39. The average molecular weight is 454 g/mol. The number of carbonyl (C=O) groups is 1. The van der Waals surface area contributed by atoms with Crippen molar-refractivity contribution in [3.63, 3.8) is 0 Å². The number of rotatable bonds is 5. The van der Waals surface area contributed by atoms with Crippen molar-refractivity contribution < 1.29 is 18.7 Å². The summed E-state index contributed by atoms with van der Waals surface area (Å²) in [5.41, 5.74) is 3.45. The van der Waals surface area contributed by atoms with Gasteiger partial charge in [0.1, 0.15) is 11.4 Å². The van der Waals surface area contributed by atoms with Gasteiger partial charge in [0.2, 0.25) is 0 Å². The van der Waals surface area contributed by atoms with E-state index in [9.17, 15) is 9.18 Å². The van der Waals surface area contributed by atoms with Crippen molar-refractivity contribution >= 4 is 12.2 Å². The molecule has 2 heterocycles. The van der Waals surface area contributed by atoms with Gasteiger partial charge in [-0.2, -0.15) is 5.10 Å². The molecule has 0 bridgehead atoms. The zero-order valence-electron chi connectivity index (χ0n) is 19.6. The van der Waals surface area contributed by atoms with Gasteiger partial charge < -0.3 is 14.4 Å². The number of halogens is 1. The molecule has 1 aromatic carbocycles. The summed E-state index contributed by atoms with van der Waals surface area (Å²) in [4.78, 5) is 14.7. The Morgan fingerprint density at radius 2 is 2.00 bits per heavy atom. The van der Waals surface area contributed by atoms with Crippen LogP contribution < -0.4 is 0 Å². The maximum absolute atomic E-state index is 13.4. The van der Waals surface area contributed by atoms with E-state index in [1.54, 1.807) is 12.1 Å². The summed E-state index contributed by atoms with van der Waals surface area (Å²) < 4.78 is 27.2. The standard InChI is InChI=1S/C26H32FN3O3/c1-25(2,3)33-24(31)29-11-10-20-12-23-19(13-26(20,16-29)17-32-15-18-4-5-18)14-28-30(23)22-8-6-21(27)7-9-22/h6-9,12,14,18H,4-5,10-11,13,15-17H2,1-3H3. The Bertz CT molecular complexity index is 1070. The van der Waals surface area contributed by atoms with Crippen LogP contribution in [0.1, 0.15) is 51.3 Å². The van der Waals surface area contributed by atoms with Crippen LogP contribution in [0, 0.1) is 17.2 Å². The number of carbonyl (C=O) groups excluding carboxylic acids is 1. The summed E-state index contributed by atoms with van der Waals surface area (Å²) in [6.07, 6.45) is 7.83. The van der Waals surface area contributed by atoms with Crippen LogP contribution in [0.25, 0.3) is 11.8 Å². The van der Waals surface area contributed by atoms with Gasteiger partial charge in [-0.1, -0.05) is 5.57 Å². The van der Waals surface area contributed by atoms with Gasteiger partial charge in [0, 0.05) is 25.1 Å². The molecule has 0 radical (unpaired) electrons. The van der Waals surface area contributed by atoms with E-state index in [-0.39, 0.29) is 17.3 Å². The normalized spacial score (nSPS) is 22.4. The first-order valence-electron chi connectivity index (χ1n) is 11.8. The molecule has 5 rings (SSSR count). The molecular formula is C26H32FN3O3. The van der Waals surface area contributed by atoms with E-state index in [4.69, 9.17) is 9.47 Å². The molecule has 1 saturated carbocycles. The molecule has 1 unspecified atom stereocenters. The molecule has 1 amide bonds. The molecular weight excluding hydrogens is 421 g/mol. The fourth-order valence-electron chi connectivity index (χ4n) is 4.84. The van der Waals surface area contributed by atoms with Gasteiger partial charge in [-0.25, -0.2) is 13.9 Å². The quantitative estimate of drug-likeness (QED) is 0.639. The van der Waals surface area contributed by atoms with E-state index in [2.05, 4.69) is 11.2 Å². The molecule has 33 heavy (non-hydrogen) atoms. The smallest absolute Gasteiger partial charge is 0.410 e. The molecule has 1 atom stereocenters. The van der Waals surface area contributed by atoms with Gasteiger partial charge in [-0.3, -0.25) is 0 Å². The second-order valence-corrected chi connectivity index (χ2v) is 10.7. The van der Waals surface area contributed by atoms with Crippen LogP contribution in [0.5, 0.6) is 0 Å². The Hall–Kier alpha value is -2.67. The monoisotopic (exact) mass is 453 g/mol. The second kappa shape index (κ2) is 8.28. The number of aromatic nitrogens is 2. The van der Waals surface area contributed by atoms with Crippen molar-refractivity contribution in [1.29, 1.82) is 0 Å². The molecule has 6 nitrogen and oxygen atoms in total. The highest BCUT2D eigenvalue weighted by molar-refractivity contribution is 5.70. The van der Waals surface area contributed by atoms with E-state index in [1.165, 1.54) is 30.5 Å². The average Bonchev–Trinajstić information content (AvgIpc) is 3.49. The highest BCUT2D eigenvalue weighted by Crippen LogP contribution is 2.45. The van der Waals surface area contributed by atoms with E-state index in [1.807, 2.05) is 36.5 Å². The Balaban J connectivity index is 1.44. The van der Waals surface area contributed by atoms with Gasteiger partial charge >= 0.3 is 6.09 Å². The molecule has 2 aromatic rings. The number of nitrogens with zero attached hydrogens (tertiary/aromatic N) is 3. The van der Waals surface area contributed by atoms with Crippen LogP contribution >= 0.6 is 0 Å². The first kappa shape index (κ1) is 22.1. The lowest BCUT2D eigenvalue weighted by molar-refractivity contribution is -0.00710. The number of benzene rings is 1. The predicted molar refractivity (Wildman–Crippen MR) is 124 cm³/mol. The zero-order chi connectivity index (χ0) is 23.2. The topological polar surface area (TPSA) is 56.6 Å². The predicted octanol–water partition coefficient (Wildman–Crippen LogP) is 5.00. The Morgan fingerprint density at radius 3 is 2.70 bits per heavy atom. The third-order valence-electron chi connectivity index (χ3n) is 6.70. The molecule has 176 valence electrons. The molecule has 1 aliphatic heterocycles. The van der Waals surface area contributed by atoms with Gasteiger partial charge in [-0.15, -0.1) is 0 Å². The van der Waals surface area contributed by atoms with E-state index >= 15 is 0 Å². The number of amides is 1. The van der Waals surface area contributed by atoms with Crippen molar-refractivity contribution in [3.05, 3.63) is 53.1 Å². The van der Waals surface area contributed by atoms with Crippen LogP contribution in [0.2, 0.25) is 0 Å². The molecule has 0 N–H and O–H groups in total. The molecule has 1 aromatic heterocycles. The third-order valence-corrected chi connectivity index (χ3v) is 6.70. The lowest BCUT2D eigenvalue weighted by Crippen LogP contribution is -2.52. The maximum Gasteiger partial charge on any atom is 0.410 e. The van der Waals surface area contributed by atoms with Gasteiger partial charge in [0.25, 0.3) is 0 Å². The summed E-state index contributed by atoms with van der Waals surface area (Å²) in [7, 11) is 0. The number of fused-ring (bicyclic) bond motifs is 2. The Morgan fingerprint density at radius 1 is 1.24 bits per heavy atom.